The zero-order chi connectivity index (χ0) is 25.1. The molecule has 2 aromatic carbocycles. The van der Waals surface area contributed by atoms with Crippen molar-refractivity contribution in [2.24, 2.45) is 0 Å². The predicted octanol–water partition coefficient (Wildman–Crippen LogP) is 3.50. The van der Waals surface area contributed by atoms with Crippen molar-refractivity contribution in [3.63, 3.8) is 0 Å². The van der Waals surface area contributed by atoms with Crippen molar-refractivity contribution >= 4 is 41.4 Å². The highest BCUT2D eigenvalue weighted by molar-refractivity contribution is 5.86. The summed E-state index contributed by atoms with van der Waals surface area (Å²) in [5.74, 6) is 1.27. The summed E-state index contributed by atoms with van der Waals surface area (Å²) >= 11 is 0. The minimum absolute atomic E-state index is 0. The lowest BCUT2D eigenvalue weighted by Gasteiger charge is -2.36. The fourth-order valence-electron chi connectivity index (χ4n) is 5.19. The molecule has 0 amide bonds. The number of aromatic nitrogens is 2. The van der Waals surface area contributed by atoms with Crippen LogP contribution in [-0.2, 0) is 24.4 Å². The lowest BCUT2D eigenvalue weighted by molar-refractivity contribution is -0.207. The maximum Gasteiger partial charge on any atom is 0.331 e. The Labute approximate surface area is 234 Å². The molecular weight excluding hydrogens is 531 g/mol. The number of nitrogens with zero attached hydrogens (tertiary/aromatic N) is 4. The van der Waals surface area contributed by atoms with Crippen molar-refractivity contribution in [1.82, 2.24) is 14.0 Å². The van der Waals surface area contributed by atoms with Gasteiger partial charge in [-0.05, 0) is 49.1 Å². The molecule has 0 unspecified atom stereocenters. The Bertz CT molecular complexity index is 1350. The third-order valence-electron chi connectivity index (χ3n) is 7.08. The molecule has 208 valence electrons. The number of fused-ring (bicyclic) bond motifs is 4. The predicted molar refractivity (Wildman–Crippen MR) is 154 cm³/mol. The van der Waals surface area contributed by atoms with E-state index in [0.29, 0.717) is 42.9 Å². The Morgan fingerprint density at radius 2 is 1.71 bits per heavy atom. The van der Waals surface area contributed by atoms with Gasteiger partial charge in [-0.25, -0.2) is 4.79 Å². The first kappa shape index (κ1) is 29.8. The van der Waals surface area contributed by atoms with E-state index in [9.17, 15) is 9.59 Å². The summed E-state index contributed by atoms with van der Waals surface area (Å²) in [5.41, 5.74) is 2.19. The minimum Gasteiger partial charge on any atom is -0.495 e. The standard InChI is InChI=1S/C27H34N4O5.2ClH/c1-3-10-30-22-18-20-7-6-17-35-36-24(19-20)25(22)26(32)31(27(30)33)16-13-28-11-14-29(15-12-28)21-8-4-5-9-23(21)34-2;;/h4-5,8-9,18-19H,3,6-7,10-17H2,1-2H3;2*1H. The van der Waals surface area contributed by atoms with E-state index < -0.39 is 0 Å². The Hall–Kier alpha value is -2.72. The number of aryl methyl sites for hydroxylation is 2. The van der Waals surface area contributed by atoms with Gasteiger partial charge in [0.15, 0.2) is 5.75 Å². The Balaban J connectivity index is 0.00000200. The number of ether oxygens (including phenoxy) is 1. The second-order valence-corrected chi connectivity index (χ2v) is 9.39. The Morgan fingerprint density at radius 3 is 2.45 bits per heavy atom. The quantitative estimate of drug-likeness (QED) is 0.405. The summed E-state index contributed by atoms with van der Waals surface area (Å²) in [7, 11) is 1.69. The Morgan fingerprint density at radius 1 is 0.947 bits per heavy atom. The Kier molecular flexibility index (Phi) is 10.5. The summed E-state index contributed by atoms with van der Waals surface area (Å²) in [6.45, 7) is 7.37. The van der Waals surface area contributed by atoms with Gasteiger partial charge in [0.1, 0.15) is 11.1 Å². The summed E-state index contributed by atoms with van der Waals surface area (Å²) in [6.07, 6.45) is 2.43. The van der Waals surface area contributed by atoms with Gasteiger partial charge in [-0.3, -0.25) is 18.8 Å². The second kappa shape index (κ2) is 13.4. The van der Waals surface area contributed by atoms with Crippen LogP contribution in [-0.4, -0.2) is 60.5 Å². The van der Waals surface area contributed by atoms with Crippen LogP contribution in [0.2, 0.25) is 0 Å². The molecule has 2 aliphatic heterocycles. The molecule has 1 fully saturated rings. The number of rotatable bonds is 7. The first-order valence-corrected chi connectivity index (χ1v) is 12.8. The summed E-state index contributed by atoms with van der Waals surface area (Å²) in [6, 6.07) is 11.9. The fraction of sp³-hybridized carbons (Fsp3) is 0.481. The zero-order valence-electron chi connectivity index (χ0n) is 21.9. The average Bonchev–Trinajstić information content (AvgIpc) is 2.89. The molecule has 1 aromatic heterocycles. The number of anilines is 1. The molecule has 9 nitrogen and oxygen atoms in total. The molecule has 0 aliphatic carbocycles. The highest BCUT2D eigenvalue weighted by atomic mass is 35.5. The van der Waals surface area contributed by atoms with Crippen LogP contribution in [0, 0.1) is 0 Å². The van der Waals surface area contributed by atoms with E-state index in [1.54, 1.807) is 11.7 Å². The highest BCUT2D eigenvalue weighted by Gasteiger charge is 2.22. The maximum atomic E-state index is 13.6. The van der Waals surface area contributed by atoms with Crippen molar-refractivity contribution < 1.29 is 14.5 Å². The minimum atomic E-state index is -0.319. The number of methoxy groups -OCH3 is 1. The molecule has 0 spiro atoms. The second-order valence-electron chi connectivity index (χ2n) is 9.39. The third kappa shape index (κ3) is 5.96. The van der Waals surface area contributed by atoms with Gasteiger partial charge in [0.2, 0.25) is 0 Å². The number of piperazine rings is 1. The zero-order valence-corrected chi connectivity index (χ0v) is 23.5. The molecule has 3 aromatic rings. The van der Waals surface area contributed by atoms with Crippen LogP contribution < -0.4 is 25.8 Å². The smallest absolute Gasteiger partial charge is 0.331 e. The lowest BCUT2D eigenvalue weighted by Crippen LogP contribution is -2.49. The molecule has 5 rings (SSSR count). The normalized spacial score (nSPS) is 15.6. The molecule has 0 radical (unpaired) electrons. The molecule has 3 heterocycles. The van der Waals surface area contributed by atoms with E-state index in [1.807, 2.05) is 37.3 Å². The highest BCUT2D eigenvalue weighted by Crippen LogP contribution is 2.29. The van der Waals surface area contributed by atoms with Crippen molar-refractivity contribution in [3.8, 4) is 11.5 Å². The van der Waals surface area contributed by atoms with Gasteiger partial charge in [0.05, 0.1) is 24.9 Å². The van der Waals surface area contributed by atoms with E-state index in [1.165, 1.54) is 4.57 Å². The maximum absolute atomic E-state index is 13.6. The topological polar surface area (TPSA) is 78.2 Å². The SMILES string of the molecule is CCCn1c(=O)n(CCN2CCN(c3ccccc3OC)CC2)c(=O)c2c3cc(cc21)CCCOO3.Cl.Cl. The largest absolute Gasteiger partial charge is 0.495 e. The number of hydrogen-bond donors (Lipinski definition) is 0. The first-order chi connectivity index (χ1) is 17.6. The fourth-order valence-corrected chi connectivity index (χ4v) is 5.19. The van der Waals surface area contributed by atoms with Crippen LogP contribution in [0.4, 0.5) is 5.69 Å². The van der Waals surface area contributed by atoms with Crippen LogP contribution in [0.5, 0.6) is 11.5 Å². The molecule has 2 bridgehead atoms. The van der Waals surface area contributed by atoms with Crippen molar-refractivity contribution in [2.45, 2.75) is 39.3 Å². The van der Waals surface area contributed by atoms with Gasteiger partial charge in [-0.15, -0.1) is 24.8 Å². The van der Waals surface area contributed by atoms with Gasteiger partial charge in [0.25, 0.3) is 5.56 Å². The molecule has 1 saturated heterocycles. The summed E-state index contributed by atoms with van der Waals surface area (Å²) in [5, 5.41) is 0.412. The van der Waals surface area contributed by atoms with Crippen molar-refractivity contribution in [2.75, 3.05) is 51.3 Å². The van der Waals surface area contributed by atoms with E-state index >= 15 is 0 Å². The molecular formula is C27H36Cl2N4O5. The third-order valence-corrected chi connectivity index (χ3v) is 7.08. The van der Waals surface area contributed by atoms with Crippen LogP contribution in [0.25, 0.3) is 10.9 Å². The monoisotopic (exact) mass is 566 g/mol. The van der Waals surface area contributed by atoms with Crippen LogP contribution in [0.3, 0.4) is 0 Å². The van der Waals surface area contributed by atoms with Crippen molar-refractivity contribution in [3.05, 3.63) is 62.8 Å². The average molecular weight is 568 g/mol. The lowest BCUT2D eigenvalue weighted by atomic mass is 10.1. The van der Waals surface area contributed by atoms with Crippen molar-refractivity contribution in [1.29, 1.82) is 0 Å². The van der Waals surface area contributed by atoms with Crippen LogP contribution in [0.1, 0.15) is 25.3 Å². The molecule has 0 atom stereocenters. The van der Waals surface area contributed by atoms with Gasteiger partial charge >= 0.3 is 5.69 Å². The number of hydrogen-bond acceptors (Lipinski definition) is 7. The summed E-state index contributed by atoms with van der Waals surface area (Å²) in [4.78, 5) is 42.5. The number of benzene rings is 2. The van der Waals surface area contributed by atoms with Crippen LogP contribution >= 0.6 is 24.8 Å². The molecule has 11 heteroatoms. The number of para-hydroxylation sites is 2. The van der Waals surface area contributed by atoms with Gasteiger partial charge < -0.3 is 14.5 Å². The van der Waals surface area contributed by atoms with Crippen LogP contribution in [0.15, 0.2) is 46.0 Å². The summed E-state index contributed by atoms with van der Waals surface area (Å²) < 4.78 is 8.60. The van der Waals surface area contributed by atoms with Gasteiger partial charge in [-0.2, -0.15) is 4.89 Å². The van der Waals surface area contributed by atoms with Gasteiger partial charge in [0, 0.05) is 45.8 Å². The van der Waals surface area contributed by atoms with Gasteiger partial charge in [-0.1, -0.05) is 19.1 Å². The molecule has 0 saturated carbocycles. The van der Waals surface area contributed by atoms with E-state index in [-0.39, 0.29) is 36.1 Å². The first-order valence-electron chi connectivity index (χ1n) is 12.8. The van der Waals surface area contributed by atoms with E-state index in [4.69, 9.17) is 14.5 Å². The molecule has 0 N–H and O–H groups in total. The molecule has 2 aliphatic rings. The van der Waals surface area contributed by atoms with E-state index in [0.717, 1.165) is 62.4 Å². The molecule has 38 heavy (non-hydrogen) atoms. The van der Waals surface area contributed by atoms with E-state index in [2.05, 4.69) is 15.9 Å². The number of halogens is 2.